The molecule has 3 heteroatoms. The normalized spacial score (nSPS) is 14.5. The fourth-order valence-electron chi connectivity index (χ4n) is 4.12. The Kier molecular flexibility index (Phi) is 6.21. The van der Waals surface area contributed by atoms with Crippen molar-refractivity contribution in [2.45, 2.75) is 32.9 Å². The predicted molar refractivity (Wildman–Crippen MR) is 127 cm³/mol. The van der Waals surface area contributed by atoms with Gasteiger partial charge in [-0.1, -0.05) is 0 Å². The van der Waals surface area contributed by atoms with Crippen molar-refractivity contribution in [2.24, 2.45) is 0 Å². The van der Waals surface area contributed by atoms with Crippen LogP contribution in [0.4, 0.5) is 0 Å². The minimum absolute atomic E-state index is 0.364. The maximum atomic E-state index is 4.50. The number of hydrogen-bond acceptors (Lipinski definition) is 1. The molecule has 142 valence electrons. The molecular formula is C24H29BrNP. The van der Waals surface area contributed by atoms with Crippen molar-refractivity contribution in [1.82, 2.24) is 5.32 Å². The van der Waals surface area contributed by atoms with E-state index in [0.29, 0.717) is 12.1 Å². The van der Waals surface area contributed by atoms with E-state index in [1.807, 2.05) is 0 Å². The van der Waals surface area contributed by atoms with Gasteiger partial charge in [-0.25, -0.2) is 0 Å². The van der Waals surface area contributed by atoms with E-state index in [4.69, 9.17) is 0 Å². The van der Waals surface area contributed by atoms with Crippen LogP contribution in [0.3, 0.4) is 0 Å². The Morgan fingerprint density at radius 2 is 1.00 bits per heavy atom. The second kappa shape index (κ2) is 8.27. The summed E-state index contributed by atoms with van der Waals surface area (Å²) in [5.41, 5.74) is 0. The third-order valence-electron chi connectivity index (χ3n) is 5.12. The first kappa shape index (κ1) is 20.3. The third-order valence-corrected chi connectivity index (χ3v) is 15.0. The average Bonchev–Trinajstić information content (AvgIpc) is 2.69. The van der Waals surface area contributed by atoms with Crippen molar-refractivity contribution in [3.8, 4) is 0 Å². The van der Waals surface area contributed by atoms with Crippen LogP contribution in [0.15, 0.2) is 91.0 Å². The molecule has 1 atom stereocenters. The Hall–Kier alpha value is -1.47. The van der Waals surface area contributed by atoms with Crippen LogP contribution in [0.5, 0.6) is 0 Å². The SMILES string of the molecule is CC(C)NC(C)CP(Br)(c1ccccc1)(c1ccccc1)c1ccccc1. The Balaban J connectivity index is 2.32. The van der Waals surface area contributed by atoms with Crippen LogP contribution in [-0.4, -0.2) is 18.2 Å². The fourth-order valence-corrected chi connectivity index (χ4v) is 12.6. The van der Waals surface area contributed by atoms with Gasteiger partial charge in [-0.05, 0) is 0 Å². The molecule has 0 amide bonds. The first-order valence-electron chi connectivity index (χ1n) is 9.61. The number of halogens is 1. The molecule has 3 aromatic rings. The first-order chi connectivity index (χ1) is 12.9. The number of nitrogens with one attached hydrogen (secondary N) is 1. The van der Waals surface area contributed by atoms with Gasteiger partial charge < -0.3 is 0 Å². The summed E-state index contributed by atoms with van der Waals surface area (Å²) in [6.07, 6.45) is 1.02. The molecule has 0 fully saturated rings. The van der Waals surface area contributed by atoms with Gasteiger partial charge in [-0.3, -0.25) is 0 Å². The molecule has 1 nitrogen and oxygen atoms in total. The summed E-state index contributed by atoms with van der Waals surface area (Å²) in [6.45, 7) is 6.73. The van der Waals surface area contributed by atoms with Crippen molar-refractivity contribution in [3.63, 3.8) is 0 Å². The zero-order valence-corrected chi connectivity index (χ0v) is 18.8. The second-order valence-corrected chi connectivity index (χ2v) is 16.6. The number of benzene rings is 3. The molecule has 27 heavy (non-hydrogen) atoms. The summed E-state index contributed by atoms with van der Waals surface area (Å²) in [5.74, 6) is 0. The van der Waals surface area contributed by atoms with Gasteiger partial charge in [0.15, 0.2) is 0 Å². The van der Waals surface area contributed by atoms with Crippen LogP contribution >= 0.6 is 20.8 Å². The standard InChI is InChI=1S/C24H29BrNP/c1-20(2)26-21(3)19-27(25,22-13-7-4-8-14-22,23-15-9-5-10-16-23)24-17-11-6-12-18-24/h4-18,20-21,26H,19H2,1-3H3. The molecule has 0 aliphatic heterocycles. The molecule has 3 aromatic carbocycles. The van der Waals surface area contributed by atoms with Gasteiger partial charge >= 0.3 is 172 Å². The molecule has 0 spiro atoms. The van der Waals surface area contributed by atoms with Crippen LogP contribution < -0.4 is 21.2 Å². The monoisotopic (exact) mass is 441 g/mol. The second-order valence-electron chi connectivity index (χ2n) is 7.59. The molecule has 0 saturated carbocycles. The summed E-state index contributed by atoms with van der Waals surface area (Å²) >= 11 is 4.50. The Morgan fingerprint density at radius 1 is 0.667 bits per heavy atom. The van der Waals surface area contributed by atoms with Crippen LogP contribution in [0.2, 0.25) is 0 Å². The quantitative estimate of drug-likeness (QED) is 0.496. The topological polar surface area (TPSA) is 12.0 Å². The van der Waals surface area contributed by atoms with Gasteiger partial charge in [0.2, 0.25) is 0 Å². The predicted octanol–water partition coefficient (Wildman–Crippen LogP) is 5.21. The van der Waals surface area contributed by atoms with Crippen molar-refractivity contribution >= 4 is 36.7 Å². The Bertz CT molecular complexity index is 750. The molecule has 0 aliphatic carbocycles. The van der Waals surface area contributed by atoms with Gasteiger partial charge in [-0.2, -0.15) is 0 Å². The van der Waals surface area contributed by atoms with Gasteiger partial charge in [-0.15, -0.1) is 0 Å². The molecule has 0 bridgehead atoms. The number of rotatable bonds is 7. The fraction of sp³-hybridized carbons (Fsp3) is 0.250. The third kappa shape index (κ3) is 3.90. The van der Waals surface area contributed by atoms with Gasteiger partial charge in [0.1, 0.15) is 0 Å². The zero-order valence-electron chi connectivity index (χ0n) is 16.3. The van der Waals surface area contributed by atoms with Crippen LogP contribution in [0.1, 0.15) is 20.8 Å². The van der Waals surface area contributed by atoms with Gasteiger partial charge in [0.25, 0.3) is 0 Å². The molecule has 0 aromatic heterocycles. The summed E-state index contributed by atoms with van der Waals surface area (Å²) in [6, 6.07) is 33.8. The average molecular weight is 442 g/mol. The molecular weight excluding hydrogens is 413 g/mol. The molecule has 0 radical (unpaired) electrons. The van der Waals surface area contributed by atoms with Crippen LogP contribution in [0.25, 0.3) is 0 Å². The first-order valence-corrected chi connectivity index (χ1v) is 14.0. The van der Waals surface area contributed by atoms with Crippen LogP contribution in [-0.2, 0) is 0 Å². The van der Waals surface area contributed by atoms with Crippen molar-refractivity contribution in [1.29, 1.82) is 0 Å². The van der Waals surface area contributed by atoms with Crippen molar-refractivity contribution in [3.05, 3.63) is 91.0 Å². The van der Waals surface area contributed by atoms with E-state index in [1.54, 1.807) is 0 Å². The summed E-state index contributed by atoms with van der Waals surface area (Å²) in [5, 5.41) is 5.04. The van der Waals surface area contributed by atoms with E-state index < -0.39 is 5.31 Å². The van der Waals surface area contributed by atoms with E-state index in [1.165, 1.54) is 15.9 Å². The van der Waals surface area contributed by atoms with Gasteiger partial charge in [0, 0.05) is 0 Å². The van der Waals surface area contributed by atoms with E-state index in [2.05, 4.69) is 133 Å². The molecule has 0 aliphatic rings. The molecule has 1 unspecified atom stereocenters. The van der Waals surface area contributed by atoms with E-state index in [0.717, 1.165) is 6.16 Å². The summed E-state index contributed by atoms with van der Waals surface area (Å²) < 4.78 is 0. The number of hydrogen-bond donors (Lipinski definition) is 1. The minimum atomic E-state index is -2.82. The molecule has 3 rings (SSSR count). The summed E-state index contributed by atoms with van der Waals surface area (Å²) in [7, 11) is 0. The molecule has 1 N–H and O–H groups in total. The van der Waals surface area contributed by atoms with E-state index in [9.17, 15) is 0 Å². The molecule has 0 heterocycles. The Labute approximate surface area is 171 Å². The molecule has 0 saturated heterocycles. The van der Waals surface area contributed by atoms with Crippen LogP contribution in [0, 0.1) is 0 Å². The summed E-state index contributed by atoms with van der Waals surface area (Å²) in [4.78, 5) is 0. The maximum absolute atomic E-state index is 4.50. The van der Waals surface area contributed by atoms with Crippen molar-refractivity contribution in [2.75, 3.05) is 6.16 Å². The van der Waals surface area contributed by atoms with Crippen molar-refractivity contribution < 1.29 is 0 Å². The van der Waals surface area contributed by atoms with E-state index >= 15 is 0 Å². The van der Waals surface area contributed by atoms with Gasteiger partial charge in [0.05, 0.1) is 0 Å². The zero-order chi connectivity index (χ0) is 19.4. The Morgan fingerprint density at radius 3 is 1.30 bits per heavy atom. The van der Waals surface area contributed by atoms with E-state index in [-0.39, 0.29) is 0 Å².